The monoisotopic (exact) mass is 465 g/mol. The number of nitrogens with zero attached hydrogens (tertiary/aromatic N) is 3. The van der Waals surface area contributed by atoms with Gasteiger partial charge < -0.3 is 9.64 Å². The third kappa shape index (κ3) is 4.39. The van der Waals surface area contributed by atoms with E-state index in [2.05, 4.69) is 4.99 Å². The van der Waals surface area contributed by atoms with E-state index in [0.29, 0.717) is 26.2 Å². The molecule has 0 saturated carbocycles. The van der Waals surface area contributed by atoms with Crippen LogP contribution in [-0.2, 0) is 9.53 Å². The zero-order valence-corrected chi connectivity index (χ0v) is 19.6. The Kier molecular flexibility index (Phi) is 6.29. The van der Waals surface area contributed by atoms with Gasteiger partial charge in [0.25, 0.3) is 5.56 Å². The SMILES string of the molecule is CCOC(=O)C1=C(C)N=c2s/c(=C\c3ccc(F)cc3)c(=O)n2[C@H]1c1ccc(N(C)C)cc1. The molecule has 1 atom stereocenters. The van der Waals surface area contributed by atoms with Crippen molar-refractivity contribution in [2.45, 2.75) is 19.9 Å². The van der Waals surface area contributed by atoms with Crippen LogP contribution in [0.2, 0.25) is 0 Å². The highest BCUT2D eigenvalue weighted by atomic mass is 32.1. The molecule has 1 aromatic heterocycles. The highest BCUT2D eigenvalue weighted by Gasteiger charge is 2.33. The van der Waals surface area contributed by atoms with E-state index < -0.39 is 12.0 Å². The Bertz CT molecular complexity index is 1400. The van der Waals surface area contributed by atoms with Crippen LogP contribution in [0.5, 0.6) is 0 Å². The Morgan fingerprint density at radius 2 is 1.85 bits per heavy atom. The number of halogens is 1. The maximum absolute atomic E-state index is 13.5. The summed E-state index contributed by atoms with van der Waals surface area (Å²) in [7, 11) is 3.89. The van der Waals surface area contributed by atoms with Crippen molar-refractivity contribution in [3.05, 3.63) is 96.4 Å². The van der Waals surface area contributed by atoms with E-state index in [1.54, 1.807) is 36.6 Å². The van der Waals surface area contributed by atoms with Crippen LogP contribution in [0.3, 0.4) is 0 Å². The topological polar surface area (TPSA) is 63.9 Å². The molecule has 8 heteroatoms. The Balaban J connectivity index is 1.92. The maximum atomic E-state index is 13.5. The molecule has 0 amide bonds. The molecule has 0 radical (unpaired) electrons. The Labute approximate surface area is 194 Å². The van der Waals surface area contributed by atoms with Gasteiger partial charge in [0.2, 0.25) is 0 Å². The van der Waals surface area contributed by atoms with E-state index >= 15 is 0 Å². The van der Waals surface area contributed by atoms with Crippen molar-refractivity contribution in [1.82, 2.24) is 4.57 Å². The Morgan fingerprint density at radius 3 is 2.45 bits per heavy atom. The van der Waals surface area contributed by atoms with E-state index in [1.807, 2.05) is 43.3 Å². The highest BCUT2D eigenvalue weighted by molar-refractivity contribution is 7.07. The molecule has 6 nitrogen and oxygen atoms in total. The summed E-state index contributed by atoms with van der Waals surface area (Å²) in [4.78, 5) is 33.5. The van der Waals surface area contributed by atoms with Gasteiger partial charge in [-0.25, -0.2) is 14.2 Å². The largest absolute Gasteiger partial charge is 0.463 e. The van der Waals surface area contributed by atoms with Gasteiger partial charge in [-0.1, -0.05) is 35.6 Å². The zero-order valence-electron chi connectivity index (χ0n) is 18.8. The van der Waals surface area contributed by atoms with Crippen LogP contribution >= 0.6 is 11.3 Å². The number of aromatic nitrogens is 1. The molecular weight excluding hydrogens is 441 g/mol. The van der Waals surface area contributed by atoms with Gasteiger partial charge in [-0.3, -0.25) is 9.36 Å². The van der Waals surface area contributed by atoms with Crippen molar-refractivity contribution in [1.29, 1.82) is 0 Å². The average molecular weight is 466 g/mol. The number of thiazole rings is 1. The summed E-state index contributed by atoms with van der Waals surface area (Å²) in [5.74, 6) is -0.835. The molecule has 1 aliphatic heterocycles. The molecule has 0 aliphatic carbocycles. The minimum atomic E-state index is -0.660. The first kappa shape index (κ1) is 22.7. The maximum Gasteiger partial charge on any atom is 0.338 e. The lowest BCUT2D eigenvalue weighted by atomic mass is 9.95. The fourth-order valence-electron chi connectivity index (χ4n) is 3.77. The Hall–Kier alpha value is -3.52. The molecule has 2 aromatic carbocycles. The normalized spacial score (nSPS) is 15.8. The van der Waals surface area contributed by atoms with Crippen molar-refractivity contribution in [3.63, 3.8) is 0 Å². The molecule has 1 aliphatic rings. The fourth-order valence-corrected chi connectivity index (χ4v) is 4.82. The number of hydrogen-bond donors (Lipinski definition) is 0. The lowest BCUT2D eigenvalue weighted by Gasteiger charge is -2.25. The molecule has 2 heterocycles. The van der Waals surface area contributed by atoms with Gasteiger partial charge in [0.15, 0.2) is 4.80 Å². The second-order valence-corrected chi connectivity index (χ2v) is 8.85. The van der Waals surface area contributed by atoms with Crippen LogP contribution in [-0.4, -0.2) is 31.2 Å². The first-order chi connectivity index (χ1) is 15.8. The minimum absolute atomic E-state index is 0.219. The number of esters is 1. The number of rotatable bonds is 5. The van der Waals surface area contributed by atoms with E-state index in [-0.39, 0.29) is 18.0 Å². The number of anilines is 1. The zero-order chi connectivity index (χ0) is 23.7. The summed E-state index contributed by atoms with van der Waals surface area (Å²) in [6.45, 7) is 3.72. The van der Waals surface area contributed by atoms with Gasteiger partial charge in [0.1, 0.15) is 5.82 Å². The lowest BCUT2D eigenvalue weighted by molar-refractivity contribution is -0.139. The predicted molar refractivity (Wildman–Crippen MR) is 128 cm³/mol. The molecule has 0 unspecified atom stereocenters. The lowest BCUT2D eigenvalue weighted by Crippen LogP contribution is -2.39. The second kappa shape index (κ2) is 9.15. The number of fused-ring (bicyclic) bond motifs is 1. The molecule has 4 rings (SSSR count). The average Bonchev–Trinajstić information content (AvgIpc) is 3.09. The van der Waals surface area contributed by atoms with Crippen molar-refractivity contribution >= 4 is 29.1 Å². The van der Waals surface area contributed by atoms with E-state index in [0.717, 1.165) is 11.3 Å². The van der Waals surface area contributed by atoms with Gasteiger partial charge >= 0.3 is 5.97 Å². The van der Waals surface area contributed by atoms with Crippen molar-refractivity contribution in [2.75, 3.05) is 25.6 Å². The van der Waals surface area contributed by atoms with Gasteiger partial charge in [0, 0.05) is 19.8 Å². The van der Waals surface area contributed by atoms with Crippen LogP contribution in [0.4, 0.5) is 10.1 Å². The highest BCUT2D eigenvalue weighted by Crippen LogP contribution is 2.31. The quantitative estimate of drug-likeness (QED) is 0.544. The minimum Gasteiger partial charge on any atom is -0.463 e. The number of hydrogen-bond acceptors (Lipinski definition) is 6. The molecule has 0 fully saturated rings. The first-order valence-corrected chi connectivity index (χ1v) is 11.3. The van der Waals surface area contributed by atoms with Gasteiger partial charge in [-0.15, -0.1) is 0 Å². The number of carbonyl (C=O) groups is 1. The van der Waals surface area contributed by atoms with E-state index in [1.165, 1.54) is 23.5 Å². The van der Waals surface area contributed by atoms with Crippen molar-refractivity contribution in [3.8, 4) is 0 Å². The molecule has 3 aromatic rings. The predicted octanol–water partition coefficient (Wildman–Crippen LogP) is 3.00. The van der Waals surface area contributed by atoms with Crippen molar-refractivity contribution < 1.29 is 13.9 Å². The molecule has 33 heavy (non-hydrogen) atoms. The van der Waals surface area contributed by atoms with E-state index in [9.17, 15) is 14.0 Å². The number of carbonyl (C=O) groups excluding carboxylic acids is 1. The van der Waals surface area contributed by atoms with E-state index in [4.69, 9.17) is 4.74 Å². The molecule has 0 saturated heterocycles. The summed E-state index contributed by atoms with van der Waals surface area (Å²) >= 11 is 1.24. The summed E-state index contributed by atoms with van der Waals surface area (Å²) in [6.07, 6.45) is 1.71. The summed E-state index contributed by atoms with van der Waals surface area (Å²) in [5.41, 5.74) is 3.09. The summed E-state index contributed by atoms with van der Waals surface area (Å²) in [5, 5.41) is 0. The van der Waals surface area contributed by atoms with Crippen LogP contribution in [0.25, 0.3) is 6.08 Å². The third-order valence-corrected chi connectivity index (χ3v) is 6.39. The third-order valence-electron chi connectivity index (χ3n) is 5.41. The first-order valence-electron chi connectivity index (χ1n) is 10.5. The number of allylic oxidation sites excluding steroid dienone is 1. The number of benzene rings is 2. The smallest absolute Gasteiger partial charge is 0.338 e. The molecule has 170 valence electrons. The van der Waals surface area contributed by atoms with Crippen LogP contribution < -0.4 is 19.8 Å². The molecule has 0 N–H and O–H groups in total. The van der Waals surface area contributed by atoms with Crippen LogP contribution in [0.15, 0.2) is 69.6 Å². The number of ether oxygens (including phenoxy) is 1. The molecule has 0 spiro atoms. The molecular formula is C25H24FN3O3S. The van der Waals surface area contributed by atoms with Crippen LogP contribution in [0, 0.1) is 5.82 Å². The summed E-state index contributed by atoms with van der Waals surface area (Å²) < 4.78 is 20.6. The van der Waals surface area contributed by atoms with Gasteiger partial charge in [-0.05, 0) is 55.3 Å². The second-order valence-electron chi connectivity index (χ2n) is 7.84. The van der Waals surface area contributed by atoms with Crippen molar-refractivity contribution in [2.24, 2.45) is 4.99 Å². The Morgan fingerprint density at radius 1 is 1.18 bits per heavy atom. The van der Waals surface area contributed by atoms with Gasteiger partial charge in [0.05, 0.1) is 28.5 Å². The fraction of sp³-hybridized carbons (Fsp3) is 0.240. The van der Waals surface area contributed by atoms with Gasteiger partial charge in [-0.2, -0.15) is 0 Å². The molecule has 0 bridgehead atoms. The standard InChI is InChI=1S/C25H24FN3O3S/c1-5-32-24(31)21-15(2)27-25-29(22(21)17-8-12-19(13-9-17)28(3)4)23(30)20(33-25)14-16-6-10-18(26)11-7-16/h6-14,22H,5H2,1-4H3/b20-14-/t22-/m0/s1. The summed E-state index contributed by atoms with van der Waals surface area (Å²) in [6, 6.07) is 13.0. The van der Waals surface area contributed by atoms with Crippen LogP contribution in [0.1, 0.15) is 31.0 Å².